The molecular weight excluding hydrogens is 466 g/mol. The minimum absolute atomic E-state index is 0.0516. The molecule has 4 aromatic carbocycles. The predicted molar refractivity (Wildman–Crippen MR) is 149 cm³/mol. The van der Waals surface area contributed by atoms with Crippen molar-refractivity contribution in [3.05, 3.63) is 108 Å². The highest BCUT2D eigenvalue weighted by atomic mass is 32.2. The van der Waals surface area contributed by atoms with Crippen molar-refractivity contribution in [3.8, 4) is 22.6 Å². The molecule has 0 heterocycles. The van der Waals surface area contributed by atoms with E-state index >= 15 is 0 Å². The molecule has 36 heavy (non-hydrogen) atoms. The van der Waals surface area contributed by atoms with Crippen molar-refractivity contribution in [2.24, 2.45) is 0 Å². The number of carbonyl (C=O) groups excluding carboxylic acids is 1. The van der Waals surface area contributed by atoms with Gasteiger partial charge >= 0.3 is 0 Å². The maximum atomic E-state index is 14.2. The quantitative estimate of drug-likeness (QED) is 0.210. The van der Waals surface area contributed by atoms with Crippen LogP contribution >= 0.6 is 11.8 Å². The van der Waals surface area contributed by atoms with E-state index in [2.05, 4.69) is 31.2 Å². The number of thioether (sulfide) groups is 1. The number of carbonyl (C=O) groups is 1. The molecule has 0 spiro atoms. The summed E-state index contributed by atoms with van der Waals surface area (Å²) in [6.45, 7) is 2.56. The van der Waals surface area contributed by atoms with E-state index in [-0.39, 0.29) is 5.91 Å². The van der Waals surface area contributed by atoms with Crippen LogP contribution in [0.5, 0.6) is 11.5 Å². The van der Waals surface area contributed by atoms with Crippen LogP contribution in [0.2, 0.25) is 0 Å². The second-order valence-electron chi connectivity index (χ2n) is 8.30. The molecule has 0 radical (unpaired) electrons. The molecule has 0 atom stereocenters. The summed E-state index contributed by atoms with van der Waals surface area (Å²) in [5.74, 6) is 2.11. The summed E-state index contributed by atoms with van der Waals surface area (Å²) >= 11 is 1.72. The Balaban J connectivity index is 1.81. The molecule has 184 valence electrons. The van der Waals surface area contributed by atoms with Crippen LogP contribution in [0.1, 0.15) is 29.3 Å². The van der Waals surface area contributed by atoms with Gasteiger partial charge in [-0.25, -0.2) is 0 Å². The first-order valence-corrected chi connectivity index (χ1v) is 13.0. The van der Waals surface area contributed by atoms with E-state index in [1.165, 1.54) is 0 Å². The summed E-state index contributed by atoms with van der Waals surface area (Å²) in [4.78, 5) is 17.0. The second kappa shape index (κ2) is 12.3. The van der Waals surface area contributed by atoms with Crippen molar-refractivity contribution < 1.29 is 14.3 Å². The normalized spacial score (nSPS) is 10.6. The molecule has 4 nitrogen and oxygen atoms in total. The third-order valence-electron chi connectivity index (χ3n) is 5.93. The van der Waals surface area contributed by atoms with Gasteiger partial charge in [-0.3, -0.25) is 4.79 Å². The van der Waals surface area contributed by atoms with Crippen molar-refractivity contribution in [2.75, 3.05) is 24.9 Å². The van der Waals surface area contributed by atoms with Gasteiger partial charge in [-0.2, -0.15) is 0 Å². The van der Waals surface area contributed by atoms with Crippen molar-refractivity contribution in [1.82, 2.24) is 0 Å². The van der Waals surface area contributed by atoms with Crippen LogP contribution in [-0.2, 0) is 6.54 Å². The number of benzene rings is 4. The maximum absolute atomic E-state index is 14.2. The zero-order chi connectivity index (χ0) is 25.3. The fourth-order valence-electron chi connectivity index (χ4n) is 4.13. The molecule has 0 saturated heterocycles. The minimum atomic E-state index is -0.0516. The highest BCUT2D eigenvalue weighted by molar-refractivity contribution is 7.99. The molecule has 1 amide bonds. The number of hydrogen-bond donors (Lipinski definition) is 0. The summed E-state index contributed by atoms with van der Waals surface area (Å²) in [5.41, 5.74) is 4.72. The van der Waals surface area contributed by atoms with Gasteiger partial charge < -0.3 is 14.4 Å². The predicted octanol–water partition coefficient (Wildman–Crippen LogP) is 7.72. The Bertz CT molecular complexity index is 1310. The van der Waals surface area contributed by atoms with Crippen LogP contribution < -0.4 is 14.4 Å². The Morgan fingerprint density at radius 1 is 0.806 bits per heavy atom. The SMILES string of the molecule is CCCSc1ccccc1C(=O)N(Cc1ccccc1-c1ccccc1)c1ccc(OC)c(OC)c1. The summed E-state index contributed by atoms with van der Waals surface area (Å²) < 4.78 is 11.0. The van der Waals surface area contributed by atoms with Gasteiger partial charge in [0, 0.05) is 16.6 Å². The van der Waals surface area contributed by atoms with E-state index in [0.717, 1.165) is 39.4 Å². The molecule has 0 aliphatic heterocycles. The maximum Gasteiger partial charge on any atom is 0.259 e. The molecule has 4 aromatic rings. The fraction of sp³-hybridized carbons (Fsp3) is 0.194. The number of amides is 1. The standard InChI is InChI=1S/C31H31NO3S/c1-4-20-36-30-17-11-10-16-27(30)31(33)32(25-18-19-28(34-2)29(21-25)35-3)22-24-14-8-9-15-26(24)23-12-6-5-7-13-23/h5-19,21H,4,20,22H2,1-3H3. The fourth-order valence-corrected chi connectivity index (χ4v) is 5.04. The summed E-state index contributed by atoms with van der Waals surface area (Å²) in [5, 5.41) is 0. The zero-order valence-corrected chi connectivity index (χ0v) is 21.8. The molecule has 0 fully saturated rings. The van der Waals surface area contributed by atoms with E-state index in [4.69, 9.17) is 9.47 Å². The third-order valence-corrected chi connectivity index (χ3v) is 7.21. The summed E-state index contributed by atoms with van der Waals surface area (Å²) in [6.07, 6.45) is 1.04. The molecule has 0 aromatic heterocycles. The van der Waals surface area contributed by atoms with E-state index in [1.807, 2.05) is 77.7 Å². The van der Waals surface area contributed by atoms with Crippen LogP contribution in [0.4, 0.5) is 5.69 Å². The molecule has 5 heteroatoms. The van der Waals surface area contributed by atoms with Crippen molar-refractivity contribution in [3.63, 3.8) is 0 Å². The molecule has 0 bridgehead atoms. The molecule has 0 unspecified atom stereocenters. The average molecular weight is 498 g/mol. The summed E-state index contributed by atoms with van der Waals surface area (Å²) in [6, 6.07) is 32.0. The number of hydrogen-bond acceptors (Lipinski definition) is 4. The highest BCUT2D eigenvalue weighted by Crippen LogP contribution is 2.35. The largest absolute Gasteiger partial charge is 0.493 e. The van der Waals surface area contributed by atoms with Crippen LogP contribution in [0.25, 0.3) is 11.1 Å². The Labute approximate surface area is 217 Å². The van der Waals surface area contributed by atoms with Gasteiger partial charge in [0.2, 0.25) is 0 Å². The lowest BCUT2D eigenvalue weighted by atomic mass is 9.99. The third kappa shape index (κ3) is 5.74. The first kappa shape index (κ1) is 25.4. The topological polar surface area (TPSA) is 38.8 Å². The number of anilines is 1. The Hall–Kier alpha value is -3.70. The molecule has 0 aliphatic carbocycles. The van der Waals surface area contributed by atoms with Gasteiger partial charge in [0.05, 0.1) is 26.3 Å². The number of nitrogens with zero attached hydrogens (tertiary/aromatic N) is 1. The van der Waals surface area contributed by atoms with Crippen LogP contribution in [0.3, 0.4) is 0 Å². The van der Waals surface area contributed by atoms with Gasteiger partial charge in [-0.05, 0) is 53.1 Å². The summed E-state index contributed by atoms with van der Waals surface area (Å²) in [7, 11) is 3.22. The van der Waals surface area contributed by atoms with Crippen LogP contribution in [0.15, 0.2) is 102 Å². The smallest absolute Gasteiger partial charge is 0.259 e. The Morgan fingerprint density at radius 3 is 2.25 bits per heavy atom. The van der Waals surface area contributed by atoms with E-state index in [0.29, 0.717) is 23.6 Å². The number of rotatable bonds is 10. The lowest BCUT2D eigenvalue weighted by Gasteiger charge is -2.26. The Morgan fingerprint density at radius 2 is 1.50 bits per heavy atom. The van der Waals surface area contributed by atoms with Gasteiger partial charge in [-0.15, -0.1) is 11.8 Å². The molecular formula is C31H31NO3S. The lowest BCUT2D eigenvalue weighted by molar-refractivity contribution is 0.0982. The minimum Gasteiger partial charge on any atom is -0.493 e. The van der Waals surface area contributed by atoms with Gasteiger partial charge in [0.1, 0.15) is 0 Å². The highest BCUT2D eigenvalue weighted by Gasteiger charge is 2.23. The number of ether oxygens (including phenoxy) is 2. The molecule has 4 rings (SSSR count). The number of methoxy groups -OCH3 is 2. The van der Waals surface area contributed by atoms with Crippen molar-refractivity contribution >= 4 is 23.4 Å². The van der Waals surface area contributed by atoms with Gasteiger partial charge in [-0.1, -0.05) is 73.7 Å². The van der Waals surface area contributed by atoms with Crippen molar-refractivity contribution in [2.45, 2.75) is 24.8 Å². The van der Waals surface area contributed by atoms with Crippen molar-refractivity contribution in [1.29, 1.82) is 0 Å². The van der Waals surface area contributed by atoms with E-state index < -0.39 is 0 Å². The first-order chi connectivity index (χ1) is 17.7. The van der Waals surface area contributed by atoms with Gasteiger partial charge in [0.25, 0.3) is 5.91 Å². The second-order valence-corrected chi connectivity index (χ2v) is 9.44. The molecule has 0 saturated carbocycles. The molecule has 0 N–H and O–H groups in total. The monoisotopic (exact) mass is 497 g/mol. The van der Waals surface area contributed by atoms with Crippen LogP contribution in [-0.4, -0.2) is 25.9 Å². The first-order valence-electron chi connectivity index (χ1n) is 12.0. The zero-order valence-electron chi connectivity index (χ0n) is 20.9. The average Bonchev–Trinajstić information content (AvgIpc) is 2.95. The molecule has 0 aliphatic rings. The van der Waals surface area contributed by atoms with Crippen LogP contribution in [0, 0.1) is 0 Å². The van der Waals surface area contributed by atoms with Gasteiger partial charge in [0.15, 0.2) is 11.5 Å². The van der Waals surface area contributed by atoms with E-state index in [9.17, 15) is 4.79 Å². The lowest BCUT2D eigenvalue weighted by Crippen LogP contribution is -2.31. The Kier molecular flexibility index (Phi) is 8.69. The van der Waals surface area contributed by atoms with E-state index in [1.54, 1.807) is 26.0 Å².